The zero-order valence-electron chi connectivity index (χ0n) is 16.0. The van der Waals surface area contributed by atoms with Gasteiger partial charge < -0.3 is 0 Å². The van der Waals surface area contributed by atoms with E-state index in [4.69, 9.17) is 10.5 Å². The molecular weight excluding hydrogens is 340 g/mol. The molecule has 4 rings (SSSR count). The summed E-state index contributed by atoms with van der Waals surface area (Å²) in [6.45, 7) is 1.92. The Labute approximate surface area is 166 Å². The van der Waals surface area contributed by atoms with Crippen molar-refractivity contribution in [3.63, 3.8) is 0 Å². The third-order valence-corrected chi connectivity index (χ3v) is 4.81. The predicted octanol–water partition coefficient (Wildman–Crippen LogP) is 6.76. The van der Waals surface area contributed by atoms with E-state index < -0.39 is 0 Å². The summed E-state index contributed by atoms with van der Waals surface area (Å²) in [6.07, 6.45) is 1.44. The molecule has 1 atom stereocenters. The van der Waals surface area contributed by atoms with Crippen molar-refractivity contribution in [2.24, 2.45) is 0 Å². The summed E-state index contributed by atoms with van der Waals surface area (Å²) in [7, 11) is 0. The fourth-order valence-electron chi connectivity index (χ4n) is 3.15. The lowest BCUT2D eigenvalue weighted by Gasteiger charge is -2.04. The van der Waals surface area contributed by atoms with Gasteiger partial charge in [0.05, 0.1) is 18.1 Å². The summed E-state index contributed by atoms with van der Waals surface area (Å²) in [6, 6.07) is 33.4. The molecule has 136 valence electrons. The van der Waals surface area contributed by atoms with Gasteiger partial charge in [0, 0.05) is 6.42 Å². The maximum atomic E-state index is 8.81. The van der Waals surface area contributed by atoms with Crippen LogP contribution in [0.25, 0.3) is 21.5 Å². The second-order valence-corrected chi connectivity index (χ2v) is 6.80. The molecular formula is C26H22N2. The largest absolute Gasteiger partial charge is 0.198 e. The van der Waals surface area contributed by atoms with E-state index in [0.29, 0.717) is 6.42 Å². The fourth-order valence-corrected chi connectivity index (χ4v) is 3.15. The first kappa shape index (κ1) is 19.2. The number of rotatable bonds is 3. The molecule has 0 aliphatic rings. The molecule has 2 heteroatoms. The SMILES string of the molecule is CC(C#N)c1ccc2ccccc2c1.N#CCCc1ccc2ccccc2c1. The van der Waals surface area contributed by atoms with Gasteiger partial charge in [-0.1, -0.05) is 78.9 Å². The van der Waals surface area contributed by atoms with Crippen LogP contribution < -0.4 is 0 Å². The van der Waals surface area contributed by atoms with E-state index in [-0.39, 0.29) is 5.92 Å². The van der Waals surface area contributed by atoms with Gasteiger partial charge in [-0.3, -0.25) is 0 Å². The molecule has 0 fully saturated rings. The van der Waals surface area contributed by atoms with Gasteiger partial charge in [-0.25, -0.2) is 0 Å². The van der Waals surface area contributed by atoms with Gasteiger partial charge in [-0.15, -0.1) is 0 Å². The highest BCUT2D eigenvalue weighted by Gasteiger charge is 2.03. The van der Waals surface area contributed by atoms with E-state index in [1.165, 1.54) is 27.1 Å². The smallest absolute Gasteiger partial charge is 0.0700 e. The summed E-state index contributed by atoms with van der Waals surface area (Å²) in [5, 5.41) is 22.2. The molecule has 0 saturated heterocycles. The van der Waals surface area contributed by atoms with E-state index in [9.17, 15) is 0 Å². The Kier molecular flexibility index (Phi) is 6.40. The van der Waals surface area contributed by atoms with Gasteiger partial charge in [-0.05, 0) is 52.1 Å². The van der Waals surface area contributed by atoms with Gasteiger partial charge in [0.1, 0.15) is 0 Å². The Morgan fingerprint density at radius 3 is 1.89 bits per heavy atom. The molecule has 0 N–H and O–H groups in total. The van der Waals surface area contributed by atoms with E-state index in [2.05, 4.69) is 66.7 Å². The van der Waals surface area contributed by atoms with Gasteiger partial charge >= 0.3 is 0 Å². The minimum Gasteiger partial charge on any atom is -0.198 e. The number of aryl methyl sites for hydroxylation is 1. The van der Waals surface area contributed by atoms with Crippen LogP contribution in [0.3, 0.4) is 0 Å². The molecule has 0 saturated carbocycles. The zero-order valence-corrected chi connectivity index (χ0v) is 16.0. The molecule has 28 heavy (non-hydrogen) atoms. The van der Waals surface area contributed by atoms with Crippen LogP contribution in [0.1, 0.15) is 30.4 Å². The van der Waals surface area contributed by atoms with Gasteiger partial charge in [0.2, 0.25) is 0 Å². The average Bonchev–Trinajstić information content (AvgIpc) is 2.77. The maximum Gasteiger partial charge on any atom is 0.0700 e. The summed E-state index contributed by atoms with van der Waals surface area (Å²) >= 11 is 0. The maximum absolute atomic E-state index is 8.81. The van der Waals surface area contributed by atoms with Crippen molar-refractivity contribution in [3.05, 3.63) is 96.1 Å². The van der Waals surface area contributed by atoms with Crippen LogP contribution in [0.2, 0.25) is 0 Å². The summed E-state index contributed by atoms with van der Waals surface area (Å²) in [5.41, 5.74) is 2.33. The zero-order chi connectivity index (χ0) is 19.8. The summed E-state index contributed by atoms with van der Waals surface area (Å²) in [4.78, 5) is 0. The molecule has 4 aromatic carbocycles. The highest BCUT2D eigenvalue weighted by Crippen LogP contribution is 2.21. The van der Waals surface area contributed by atoms with Gasteiger partial charge in [0.15, 0.2) is 0 Å². The predicted molar refractivity (Wildman–Crippen MR) is 116 cm³/mol. The highest BCUT2D eigenvalue weighted by atomic mass is 14.3. The quantitative estimate of drug-likeness (QED) is 0.404. The number of hydrogen-bond donors (Lipinski definition) is 0. The van der Waals surface area contributed by atoms with Crippen LogP contribution in [-0.2, 0) is 6.42 Å². The first-order valence-electron chi connectivity index (χ1n) is 9.44. The van der Waals surface area contributed by atoms with E-state index in [0.717, 1.165) is 12.0 Å². The van der Waals surface area contributed by atoms with Crippen molar-refractivity contribution >= 4 is 21.5 Å². The molecule has 0 aromatic heterocycles. The van der Waals surface area contributed by atoms with Crippen molar-refractivity contribution in [3.8, 4) is 12.1 Å². The molecule has 0 heterocycles. The number of nitrogens with zero attached hydrogens (tertiary/aromatic N) is 2. The average molecular weight is 362 g/mol. The van der Waals surface area contributed by atoms with Crippen LogP contribution in [0, 0.1) is 22.7 Å². The minimum absolute atomic E-state index is 0.0281. The van der Waals surface area contributed by atoms with Crippen molar-refractivity contribution in [2.45, 2.75) is 25.7 Å². The lowest BCUT2D eigenvalue weighted by molar-refractivity contribution is 0.985. The molecule has 4 aromatic rings. The number of fused-ring (bicyclic) bond motifs is 2. The number of hydrogen-bond acceptors (Lipinski definition) is 2. The number of benzene rings is 4. The lowest BCUT2D eigenvalue weighted by atomic mass is 9.99. The summed E-state index contributed by atoms with van der Waals surface area (Å²) in [5.74, 6) is -0.0281. The molecule has 1 unspecified atom stereocenters. The normalized spacial score (nSPS) is 11.1. The Morgan fingerprint density at radius 2 is 1.29 bits per heavy atom. The molecule has 0 amide bonds. The minimum atomic E-state index is -0.0281. The molecule has 0 aliphatic carbocycles. The first-order valence-corrected chi connectivity index (χ1v) is 9.44. The number of nitriles is 2. The van der Waals surface area contributed by atoms with Crippen LogP contribution in [0.5, 0.6) is 0 Å². The van der Waals surface area contributed by atoms with E-state index in [1.54, 1.807) is 0 Å². The Hall–Kier alpha value is -3.62. The van der Waals surface area contributed by atoms with Crippen molar-refractivity contribution < 1.29 is 0 Å². The van der Waals surface area contributed by atoms with E-state index >= 15 is 0 Å². The van der Waals surface area contributed by atoms with Crippen LogP contribution in [0.15, 0.2) is 84.9 Å². The second kappa shape index (κ2) is 9.36. The topological polar surface area (TPSA) is 47.6 Å². The van der Waals surface area contributed by atoms with Gasteiger partial charge in [-0.2, -0.15) is 10.5 Å². The summed E-state index contributed by atoms with van der Waals surface area (Å²) < 4.78 is 0. The second-order valence-electron chi connectivity index (χ2n) is 6.80. The molecule has 0 radical (unpaired) electrons. The van der Waals surface area contributed by atoms with Crippen LogP contribution in [-0.4, -0.2) is 0 Å². The van der Waals surface area contributed by atoms with Crippen molar-refractivity contribution in [2.75, 3.05) is 0 Å². The monoisotopic (exact) mass is 362 g/mol. The van der Waals surface area contributed by atoms with Crippen molar-refractivity contribution in [1.29, 1.82) is 10.5 Å². The lowest BCUT2D eigenvalue weighted by Crippen LogP contribution is -1.88. The van der Waals surface area contributed by atoms with Crippen LogP contribution in [0.4, 0.5) is 0 Å². The standard InChI is InChI=1S/2C13H11N/c1-10(9-14)12-7-6-11-4-2-3-5-13(11)8-12;14-9-3-4-11-7-8-12-5-1-2-6-13(12)10-11/h2-8,10H,1H3;1-2,5-8,10H,3-4H2. The first-order chi connectivity index (χ1) is 13.7. The Balaban J connectivity index is 0.000000161. The molecule has 0 bridgehead atoms. The van der Waals surface area contributed by atoms with Crippen molar-refractivity contribution in [1.82, 2.24) is 0 Å². The molecule has 0 aliphatic heterocycles. The van der Waals surface area contributed by atoms with Gasteiger partial charge in [0.25, 0.3) is 0 Å². The highest BCUT2D eigenvalue weighted by molar-refractivity contribution is 5.83. The van der Waals surface area contributed by atoms with Crippen LogP contribution >= 0.6 is 0 Å². The fraction of sp³-hybridized carbons (Fsp3) is 0.154. The third kappa shape index (κ3) is 4.76. The molecule has 2 nitrogen and oxygen atoms in total. The van der Waals surface area contributed by atoms with E-state index in [1.807, 2.05) is 37.3 Å². The Morgan fingerprint density at radius 1 is 0.714 bits per heavy atom. The third-order valence-electron chi connectivity index (χ3n) is 4.81. The molecule has 0 spiro atoms. The Bertz CT molecular complexity index is 1160.